The molecule has 1 unspecified atom stereocenters. The van der Waals surface area contributed by atoms with Crippen molar-refractivity contribution in [2.24, 2.45) is 0 Å². The van der Waals surface area contributed by atoms with Crippen LogP contribution in [0.25, 0.3) is 0 Å². The standard InChI is InChI=1S/C21H21N3O7S2/c1-13-19(32-21(22-13)23-14(2)25)24(33(28)29)15-7-9-16(10-8-15)30-11-12-31-18-6-4-3-5-17(18)20(26)27/h3-10H,11-12H2,1-2H3,(H,26,27)(H,28,29)(H,22,23,25)/p-1. The molecule has 33 heavy (non-hydrogen) atoms. The van der Waals surface area contributed by atoms with E-state index in [-0.39, 0.29) is 30.4 Å². The summed E-state index contributed by atoms with van der Waals surface area (Å²) >= 11 is -1.58. The number of aryl methyl sites for hydroxylation is 1. The normalized spacial score (nSPS) is 11.5. The van der Waals surface area contributed by atoms with Crippen molar-refractivity contribution in [3.05, 3.63) is 59.8 Å². The van der Waals surface area contributed by atoms with Gasteiger partial charge in [0.25, 0.3) is 0 Å². The number of para-hydroxylation sites is 1. The van der Waals surface area contributed by atoms with Gasteiger partial charge in [-0.3, -0.25) is 13.3 Å². The number of carbonyl (C=O) groups is 2. The lowest BCUT2D eigenvalue weighted by Crippen LogP contribution is -2.19. The lowest BCUT2D eigenvalue weighted by molar-refractivity contribution is -0.114. The van der Waals surface area contributed by atoms with Crippen LogP contribution in [0.5, 0.6) is 11.5 Å². The summed E-state index contributed by atoms with van der Waals surface area (Å²) in [7, 11) is 0. The molecule has 3 aromatic rings. The average molecular weight is 491 g/mol. The number of carboxylic acid groups (broad SMARTS) is 1. The second-order valence-corrected chi connectivity index (χ2v) is 8.37. The zero-order chi connectivity index (χ0) is 24.0. The molecule has 0 aliphatic carbocycles. The minimum atomic E-state index is -2.62. The van der Waals surface area contributed by atoms with E-state index in [1.807, 2.05) is 0 Å². The van der Waals surface area contributed by atoms with Gasteiger partial charge in [-0.15, -0.1) is 0 Å². The predicted octanol–water partition coefficient (Wildman–Crippen LogP) is 3.50. The molecule has 2 N–H and O–H groups in total. The quantitative estimate of drug-likeness (QED) is 0.325. The first-order chi connectivity index (χ1) is 15.8. The van der Waals surface area contributed by atoms with Gasteiger partial charge in [-0.1, -0.05) is 23.5 Å². The van der Waals surface area contributed by atoms with Crippen molar-refractivity contribution in [2.75, 3.05) is 22.8 Å². The van der Waals surface area contributed by atoms with Gasteiger partial charge in [0.1, 0.15) is 35.3 Å². The number of carboxylic acids is 1. The highest BCUT2D eigenvalue weighted by atomic mass is 32.2. The number of hydrogen-bond acceptors (Lipinski definition) is 8. The number of carbonyl (C=O) groups excluding carboxylic acids is 1. The fourth-order valence-corrected chi connectivity index (χ4v) is 4.61. The van der Waals surface area contributed by atoms with Crippen LogP contribution in [-0.2, 0) is 16.1 Å². The molecule has 10 nitrogen and oxygen atoms in total. The predicted molar refractivity (Wildman–Crippen MR) is 123 cm³/mol. The highest BCUT2D eigenvalue weighted by Gasteiger charge is 2.18. The summed E-state index contributed by atoms with van der Waals surface area (Å²) in [6, 6.07) is 12.7. The molecule has 2 aromatic carbocycles. The van der Waals surface area contributed by atoms with E-state index < -0.39 is 17.2 Å². The summed E-state index contributed by atoms with van der Waals surface area (Å²) in [6.45, 7) is 3.26. The van der Waals surface area contributed by atoms with E-state index in [4.69, 9.17) is 14.6 Å². The third kappa shape index (κ3) is 6.28. The molecule has 1 amide bonds. The van der Waals surface area contributed by atoms with E-state index >= 15 is 0 Å². The van der Waals surface area contributed by atoms with E-state index in [1.165, 1.54) is 13.0 Å². The number of ether oxygens (including phenoxy) is 2. The molecular weight excluding hydrogens is 470 g/mol. The molecule has 1 atom stereocenters. The van der Waals surface area contributed by atoms with Crippen molar-refractivity contribution in [1.29, 1.82) is 0 Å². The number of nitrogens with one attached hydrogen (secondary N) is 1. The molecule has 0 bridgehead atoms. The molecule has 0 spiro atoms. The topological polar surface area (TPSA) is 141 Å². The van der Waals surface area contributed by atoms with Crippen molar-refractivity contribution < 1.29 is 32.9 Å². The highest BCUT2D eigenvalue weighted by Crippen LogP contribution is 2.37. The number of benzene rings is 2. The maximum absolute atomic E-state index is 11.9. The fourth-order valence-electron chi connectivity index (χ4n) is 2.81. The molecule has 0 saturated carbocycles. The van der Waals surface area contributed by atoms with Gasteiger partial charge in [0.2, 0.25) is 5.91 Å². The van der Waals surface area contributed by atoms with Crippen molar-refractivity contribution in [1.82, 2.24) is 4.98 Å². The summed E-state index contributed by atoms with van der Waals surface area (Å²) in [5.41, 5.74) is 0.878. The Morgan fingerprint density at radius 1 is 1.15 bits per heavy atom. The summed E-state index contributed by atoms with van der Waals surface area (Å²) in [5.74, 6) is -0.661. The minimum Gasteiger partial charge on any atom is -0.755 e. The van der Waals surface area contributed by atoms with Gasteiger partial charge in [0.15, 0.2) is 5.13 Å². The van der Waals surface area contributed by atoms with Gasteiger partial charge in [-0.25, -0.2) is 9.78 Å². The SMILES string of the molecule is CC(=O)Nc1nc(C)c(N(c2ccc(OCCOc3ccccc3C(=O)O)cc2)S(=O)[O-])s1. The lowest BCUT2D eigenvalue weighted by Gasteiger charge is -2.25. The maximum atomic E-state index is 11.9. The van der Waals surface area contributed by atoms with Crippen LogP contribution in [0.4, 0.5) is 15.8 Å². The maximum Gasteiger partial charge on any atom is 0.339 e. The molecule has 0 aliphatic rings. The minimum absolute atomic E-state index is 0.0626. The van der Waals surface area contributed by atoms with Crippen LogP contribution in [0.15, 0.2) is 48.5 Å². The first-order valence-corrected chi connectivity index (χ1v) is 11.4. The average Bonchev–Trinajstić information content (AvgIpc) is 3.11. The Kier molecular flexibility index (Phi) is 7.98. The van der Waals surface area contributed by atoms with E-state index in [2.05, 4.69) is 10.3 Å². The van der Waals surface area contributed by atoms with Crippen LogP contribution in [0.1, 0.15) is 23.0 Å². The number of aromatic nitrogens is 1. The third-order valence-electron chi connectivity index (χ3n) is 4.19. The molecule has 0 radical (unpaired) electrons. The summed E-state index contributed by atoms with van der Waals surface area (Å²) in [6.07, 6.45) is 0. The smallest absolute Gasteiger partial charge is 0.339 e. The number of hydrogen-bond donors (Lipinski definition) is 2. The first kappa shape index (κ1) is 24.2. The van der Waals surface area contributed by atoms with Crippen molar-refractivity contribution in [2.45, 2.75) is 13.8 Å². The van der Waals surface area contributed by atoms with Crippen LogP contribution in [0.3, 0.4) is 0 Å². The number of amides is 1. The lowest BCUT2D eigenvalue weighted by atomic mass is 10.2. The zero-order valence-corrected chi connectivity index (χ0v) is 19.3. The number of nitrogens with zero attached hydrogens (tertiary/aromatic N) is 2. The van der Waals surface area contributed by atoms with E-state index in [0.717, 1.165) is 15.6 Å². The molecule has 0 saturated heterocycles. The van der Waals surface area contributed by atoms with Crippen LogP contribution in [-0.4, -0.2) is 43.9 Å². The van der Waals surface area contributed by atoms with Gasteiger partial charge in [0, 0.05) is 6.92 Å². The third-order valence-corrected chi connectivity index (χ3v) is 6.05. The molecule has 0 aliphatic heterocycles. The van der Waals surface area contributed by atoms with Gasteiger partial charge >= 0.3 is 5.97 Å². The monoisotopic (exact) mass is 490 g/mol. The summed E-state index contributed by atoms with van der Waals surface area (Å²) < 4.78 is 36.0. The Hall–Kier alpha value is -3.48. The van der Waals surface area contributed by atoms with Gasteiger partial charge in [-0.05, 0) is 43.3 Å². The molecule has 12 heteroatoms. The highest BCUT2D eigenvalue weighted by molar-refractivity contribution is 7.81. The van der Waals surface area contributed by atoms with Crippen LogP contribution in [0.2, 0.25) is 0 Å². The number of rotatable bonds is 10. The van der Waals surface area contributed by atoms with E-state index in [0.29, 0.717) is 27.3 Å². The number of anilines is 3. The van der Waals surface area contributed by atoms with Crippen LogP contribution in [0, 0.1) is 6.92 Å². The van der Waals surface area contributed by atoms with Gasteiger partial charge in [0.05, 0.1) is 22.6 Å². The number of aromatic carboxylic acids is 1. The Labute approximate surface area is 196 Å². The Morgan fingerprint density at radius 2 is 1.82 bits per heavy atom. The van der Waals surface area contributed by atoms with E-state index in [1.54, 1.807) is 49.4 Å². The second kappa shape index (κ2) is 10.9. The Morgan fingerprint density at radius 3 is 2.45 bits per heavy atom. The Balaban J connectivity index is 1.64. The first-order valence-electron chi connectivity index (χ1n) is 9.58. The van der Waals surface area contributed by atoms with Crippen molar-refractivity contribution >= 4 is 50.3 Å². The largest absolute Gasteiger partial charge is 0.755 e. The summed E-state index contributed by atoms with van der Waals surface area (Å²) in [4.78, 5) is 26.6. The molecule has 174 valence electrons. The van der Waals surface area contributed by atoms with Gasteiger partial charge < -0.3 is 24.4 Å². The molecular formula is C21H20N3O7S2-. The van der Waals surface area contributed by atoms with Crippen molar-refractivity contribution in [3.8, 4) is 11.5 Å². The molecule has 1 heterocycles. The summed E-state index contributed by atoms with van der Waals surface area (Å²) in [5, 5.41) is 12.4. The molecule has 3 rings (SSSR count). The van der Waals surface area contributed by atoms with Crippen molar-refractivity contribution in [3.63, 3.8) is 0 Å². The van der Waals surface area contributed by atoms with Crippen LogP contribution < -0.4 is 19.1 Å². The Bertz CT molecular complexity index is 1160. The zero-order valence-electron chi connectivity index (χ0n) is 17.6. The fraction of sp³-hybridized carbons (Fsp3) is 0.190. The number of thiazole rings is 1. The second-order valence-electron chi connectivity index (χ2n) is 6.59. The van der Waals surface area contributed by atoms with Gasteiger partial charge in [-0.2, -0.15) is 0 Å². The van der Waals surface area contributed by atoms with E-state index in [9.17, 15) is 18.4 Å². The van der Waals surface area contributed by atoms with Crippen LogP contribution >= 0.6 is 11.3 Å². The molecule has 0 fully saturated rings. The molecule has 1 aromatic heterocycles.